The Morgan fingerprint density at radius 1 is 0.419 bits per heavy atom. The molecule has 8 bridgehead atoms. The van der Waals surface area contributed by atoms with Gasteiger partial charge in [-0.3, -0.25) is 0 Å². The smallest absolute Gasteiger partial charge is 0.169 e. The molecule has 0 aliphatic carbocycles. The maximum absolute atomic E-state index is 11.3. The monoisotopic (exact) mass is 860 g/mol. The minimum Gasteiger partial charge on any atom is -0.748 e. The number of fused-ring (bicyclic) bond motifs is 8. The van der Waals surface area contributed by atoms with E-state index in [0.717, 1.165) is 89.4 Å². The van der Waals surface area contributed by atoms with Gasteiger partial charge in [0.15, 0.2) is 24.8 Å². The summed E-state index contributed by atoms with van der Waals surface area (Å²) >= 11 is 0. The molecule has 2 aliphatic rings. The first-order chi connectivity index (χ1) is 30.0. The lowest BCUT2D eigenvalue weighted by atomic mass is 10.0. The highest BCUT2D eigenvalue weighted by Gasteiger charge is 2.20. The van der Waals surface area contributed by atoms with Crippen LogP contribution < -0.4 is 9.13 Å². The third-order valence-corrected chi connectivity index (χ3v) is 12.4. The summed E-state index contributed by atoms with van der Waals surface area (Å²) < 4.78 is 71.2. The highest BCUT2D eigenvalue weighted by molar-refractivity contribution is 7.85. The Labute approximate surface area is 358 Å². The summed E-state index contributed by atoms with van der Waals surface area (Å²) in [4.78, 5) is 18.1. The van der Waals surface area contributed by atoms with Crippen molar-refractivity contribution in [3.05, 3.63) is 157 Å². The predicted molar refractivity (Wildman–Crippen MR) is 239 cm³/mol. The van der Waals surface area contributed by atoms with Gasteiger partial charge in [0, 0.05) is 92.9 Å². The minimum absolute atomic E-state index is 0.207. The summed E-state index contributed by atoms with van der Waals surface area (Å²) in [6, 6.07) is 36.3. The molecular weight excluding hydrogens is 821 g/mol. The lowest BCUT2D eigenvalue weighted by Crippen LogP contribution is -2.33. The minimum atomic E-state index is -4.31. The second-order valence-electron chi connectivity index (χ2n) is 15.1. The van der Waals surface area contributed by atoms with Crippen LogP contribution in [0.15, 0.2) is 134 Å². The van der Waals surface area contributed by atoms with E-state index in [1.165, 1.54) is 0 Å². The molecule has 12 nitrogen and oxygen atoms in total. The molecule has 0 atom stereocenters. The van der Waals surface area contributed by atoms with E-state index in [0.29, 0.717) is 13.1 Å². The number of nitrogens with zero attached hydrogens (tertiary/aromatic N) is 4. The van der Waals surface area contributed by atoms with Crippen LogP contribution in [0.3, 0.4) is 0 Å². The zero-order valence-corrected chi connectivity index (χ0v) is 34.9. The molecule has 2 aliphatic heterocycles. The lowest BCUT2D eigenvalue weighted by Gasteiger charge is -2.07. The average Bonchev–Trinajstić information content (AvgIpc) is 4.10. The fourth-order valence-electron chi connectivity index (χ4n) is 8.02. The first-order valence-electron chi connectivity index (χ1n) is 20.1. The molecule has 2 aromatic carbocycles. The highest BCUT2D eigenvalue weighted by Crippen LogP contribution is 2.38. The van der Waals surface area contributed by atoms with Gasteiger partial charge in [-0.15, -0.1) is 0 Å². The van der Waals surface area contributed by atoms with Crippen molar-refractivity contribution >= 4 is 66.6 Å². The van der Waals surface area contributed by atoms with E-state index in [1.807, 2.05) is 131 Å². The number of benzene rings is 2. The standard InChI is InChI=1S/C48H40N6O6S2/c55-61(56,57)31-7-25-53-27-21-35(22-28-53)47-41-17-13-37(49-41)45(33-9-3-1-4-10-33)38-14-18-42(50-38)48(36-23-29-54(30-24-36)26-8-32-62(58,59)60)44-20-16-40(52-44)46(34-11-5-2-6-12-34)39-15-19-43(47)51-39/h1-6,9-24,27-30H,7-8,25-26,31-32H2,(H2-,49,50,51,52,55,56,57,58,59,60). The van der Waals surface area contributed by atoms with E-state index in [-0.39, 0.29) is 12.8 Å². The van der Waals surface area contributed by atoms with E-state index in [2.05, 4.69) is 46.4 Å². The van der Waals surface area contributed by atoms with Crippen LogP contribution in [0.25, 0.3) is 90.9 Å². The quantitative estimate of drug-likeness (QED) is 0.0924. The molecule has 9 rings (SSSR count). The van der Waals surface area contributed by atoms with Crippen molar-refractivity contribution in [1.29, 1.82) is 0 Å². The lowest BCUT2D eigenvalue weighted by molar-refractivity contribution is -0.696. The Morgan fingerprint density at radius 3 is 1.00 bits per heavy atom. The molecule has 5 aromatic heterocycles. The fourth-order valence-corrected chi connectivity index (χ4v) is 8.99. The van der Waals surface area contributed by atoms with Crippen molar-refractivity contribution in [2.24, 2.45) is 0 Å². The van der Waals surface area contributed by atoms with Crippen LogP contribution in [0, 0.1) is 0 Å². The number of hydrogen-bond donors (Lipinski definition) is 2. The van der Waals surface area contributed by atoms with Crippen LogP contribution in [0.4, 0.5) is 0 Å². The predicted octanol–water partition coefficient (Wildman–Crippen LogP) is 7.77. The van der Waals surface area contributed by atoms with Gasteiger partial charge in [0.2, 0.25) is 0 Å². The summed E-state index contributed by atoms with van der Waals surface area (Å²) in [5.74, 6) is -0.859. The van der Waals surface area contributed by atoms with Gasteiger partial charge in [0.1, 0.15) is 13.1 Å². The van der Waals surface area contributed by atoms with Crippen molar-refractivity contribution in [2.75, 3.05) is 11.5 Å². The Balaban J connectivity index is 1.30. The number of aromatic amines is 2. The summed E-state index contributed by atoms with van der Waals surface area (Å²) in [6.07, 6.45) is 16.0. The molecular formula is C48H40N6O6S2. The average molecular weight is 861 g/mol. The Hall–Kier alpha value is -6.84. The second kappa shape index (κ2) is 16.9. The fraction of sp³-hybridized carbons (Fsp3) is 0.125. The van der Waals surface area contributed by atoms with Gasteiger partial charge >= 0.3 is 0 Å². The topological polar surface area (TPSA) is 180 Å². The maximum atomic E-state index is 11.3. The van der Waals surface area contributed by atoms with Crippen molar-refractivity contribution < 1.29 is 35.1 Å². The molecule has 7 heterocycles. The molecule has 0 saturated heterocycles. The first kappa shape index (κ1) is 40.6. The molecule has 2 N–H and O–H groups in total. The van der Waals surface area contributed by atoms with E-state index in [4.69, 9.17) is 9.97 Å². The molecule has 14 heteroatoms. The van der Waals surface area contributed by atoms with Gasteiger partial charge in [0.05, 0.1) is 43.0 Å². The Bertz CT molecular complexity index is 3050. The van der Waals surface area contributed by atoms with Gasteiger partial charge in [-0.25, -0.2) is 35.9 Å². The number of aryl methyl sites for hydroxylation is 2. The Kier molecular flexibility index (Phi) is 11.1. The van der Waals surface area contributed by atoms with Crippen LogP contribution in [0.1, 0.15) is 35.6 Å². The molecule has 0 saturated carbocycles. The largest absolute Gasteiger partial charge is 0.748 e. The van der Waals surface area contributed by atoms with Gasteiger partial charge in [0.25, 0.3) is 0 Å². The van der Waals surface area contributed by atoms with Crippen LogP contribution in [-0.4, -0.2) is 57.4 Å². The Morgan fingerprint density at radius 2 is 0.710 bits per heavy atom. The molecule has 310 valence electrons. The van der Waals surface area contributed by atoms with E-state index < -0.39 is 31.7 Å². The third kappa shape index (κ3) is 8.94. The van der Waals surface area contributed by atoms with Crippen molar-refractivity contribution in [2.45, 2.75) is 25.9 Å². The van der Waals surface area contributed by atoms with Gasteiger partial charge in [-0.05, 0) is 70.8 Å². The summed E-state index contributed by atoms with van der Waals surface area (Å²) in [7, 11) is -8.62. The van der Waals surface area contributed by atoms with Crippen molar-refractivity contribution in [3.8, 4) is 44.5 Å². The van der Waals surface area contributed by atoms with Crippen LogP contribution in [-0.2, 0) is 33.3 Å². The van der Waals surface area contributed by atoms with E-state index in [1.54, 1.807) is 0 Å². The number of rotatable bonds is 12. The number of hydrogen-bond acceptors (Lipinski definition) is 8. The van der Waals surface area contributed by atoms with Crippen molar-refractivity contribution in [1.82, 2.24) is 19.9 Å². The number of aromatic nitrogens is 6. The SMILES string of the molecule is O=S(=O)([O-])CCC[n+]1ccc(-c2c3nc(c(-c4ccccc4)c4ccc([nH]4)c(-c4cc[n+](CCCS(=O)(=O)[O-])cc4)c4nc(c(-c5ccccc5)c5ccc2[nH]5)C=C4)C=C3)cc1. The van der Waals surface area contributed by atoms with Gasteiger partial charge in [-0.1, -0.05) is 60.7 Å². The number of nitrogens with one attached hydrogen (secondary N) is 2. The third-order valence-electron chi connectivity index (χ3n) is 10.9. The molecule has 0 unspecified atom stereocenters. The van der Waals surface area contributed by atoms with Gasteiger partial charge < -0.3 is 19.1 Å². The van der Waals surface area contributed by atoms with Gasteiger partial charge in [-0.2, -0.15) is 0 Å². The summed E-state index contributed by atoms with van der Waals surface area (Å²) in [5.41, 5.74) is 13.6. The highest BCUT2D eigenvalue weighted by atomic mass is 32.2. The molecule has 0 amide bonds. The summed E-state index contributed by atoms with van der Waals surface area (Å²) in [5, 5.41) is 0. The van der Waals surface area contributed by atoms with Crippen molar-refractivity contribution in [3.63, 3.8) is 0 Å². The first-order valence-corrected chi connectivity index (χ1v) is 23.2. The van der Waals surface area contributed by atoms with Crippen LogP contribution >= 0.6 is 0 Å². The summed E-state index contributed by atoms with van der Waals surface area (Å²) in [6.45, 7) is 0.753. The maximum Gasteiger partial charge on any atom is 0.169 e. The van der Waals surface area contributed by atoms with Crippen LogP contribution in [0.5, 0.6) is 0 Å². The second-order valence-corrected chi connectivity index (χ2v) is 18.2. The molecule has 0 radical (unpaired) electrons. The van der Waals surface area contributed by atoms with E-state index in [9.17, 15) is 25.9 Å². The molecule has 0 spiro atoms. The number of pyridine rings is 2. The normalized spacial score (nSPS) is 12.5. The molecule has 0 fully saturated rings. The molecule has 62 heavy (non-hydrogen) atoms. The van der Waals surface area contributed by atoms with E-state index >= 15 is 0 Å². The molecule has 7 aromatic rings. The zero-order chi connectivity index (χ0) is 42.8. The van der Waals surface area contributed by atoms with Crippen LogP contribution in [0.2, 0.25) is 0 Å². The number of H-pyrrole nitrogens is 2. The zero-order valence-electron chi connectivity index (χ0n) is 33.3.